The molecular weight excluding hydrogens is 404 g/mol. The minimum absolute atomic E-state index is 0.243. The third-order valence-electron chi connectivity index (χ3n) is 5.36. The van der Waals surface area contributed by atoms with Crippen molar-refractivity contribution in [1.82, 2.24) is 15.3 Å². The first kappa shape index (κ1) is 21.7. The molecular formula is C25H30N4OS. The molecule has 0 radical (unpaired) electrons. The van der Waals surface area contributed by atoms with Gasteiger partial charge in [0.05, 0.1) is 0 Å². The Hall–Kier alpha value is -2.57. The normalized spacial score (nSPS) is 16.5. The summed E-state index contributed by atoms with van der Waals surface area (Å²) >= 11 is 1.55. The molecule has 2 aromatic carbocycles. The van der Waals surface area contributed by atoms with E-state index in [-0.39, 0.29) is 6.04 Å². The maximum atomic E-state index is 6.21. The van der Waals surface area contributed by atoms with Crippen LogP contribution >= 0.6 is 11.9 Å². The van der Waals surface area contributed by atoms with Crippen molar-refractivity contribution in [2.24, 2.45) is 5.92 Å². The average Bonchev–Trinajstić information content (AvgIpc) is 2.74. The summed E-state index contributed by atoms with van der Waals surface area (Å²) < 4.78 is 9.60. The van der Waals surface area contributed by atoms with E-state index < -0.39 is 0 Å². The van der Waals surface area contributed by atoms with Gasteiger partial charge >= 0.3 is 0 Å². The van der Waals surface area contributed by atoms with Crippen molar-refractivity contribution in [3.8, 4) is 17.3 Å². The predicted octanol–water partition coefficient (Wildman–Crippen LogP) is 5.78. The Balaban J connectivity index is 1.73. The van der Waals surface area contributed by atoms with E-state index >= 15 is 0 Å². The summed E-state index contributed by atoms with van der Waals surface area (Å²) in [6.07, 6.45) is 1.04. The van der Waals surface area contributed by atoms with Gasteiger partial charge in [-0.05, 0) is 67.0 Å². The van der Waals surface area contributed by atoms with Gasteiger partial charge in [-0.2, -0.15) is 4.98 Å². The Morgan fingerprint density at radius 3 is 2.61 bits per heavy atom. The fraction of sp³-hybridized carbons (Fsp3) is 0.360. The summed E-state index contributed by atoms with van der Waals surface area (Å²) in [7, 11) is 0. The van der Waals surface area contributed by atoms with Gasteiger partial charge < -0.3 is 14.8 Å². The largest absolute Gasteiger partial charge is 0.476 e. The van der Waals surface area contributed by atoms with E-state index in [0.29, 0.717) is 24.2 Å². The summed E-state index contributed by atoms with van der Waals surface area (Å²) in [5.41, 5.74) is 4.62. The van der Waals surface area contributed by atoms with Crippen molar-refractivity contribution < 1.29 is 4.74 Å². The van der Waals surface area contributed by atoms with Crippen molar-refractivity contribution in [1.29, 1.82) is 0 Å². The summed E-state index contributed by atoms with van der Waals surface area (Å²) in [6, 6.07) is 17.0. The Labute approximate surface area is 189 Å². The van der Waals surface area contributed by atoms with E-state index in [4.69, 9.17) is 14.7 Å². The minimum Gasteiger partial charge on any atom is -0.476 e. The molecule has 3 aromatic rings. The van der Waals surface area contributed by atoms with Gasteiger partial charge in [0.2, 0.25) is 5.88 Å². The third kappa shape index (κ3) is 5.57. The van der Waals surface area contributed by atoms with Crippen molar-refractivity contribution in [3.05, 3.63) is 65.2 Å². The lowest BCUT2D eigenvalue weighted by Gasteiger charge is -2.21. The number of hydrogen-bond donors (Lipinski definition) is 2. The first-order valence-corrected chi connectivity index (χ1v) is 11.6. The van der Waals surface area contributed by atoms with Crippen molar-refractivity contribution in [3.63, 3.8) is 0 Å². The Kier molecular flexibility index (Phi) is 6.78. The van der Waals surface area contributed by atoms with E-state index in [1.165, 1.54) is 5.56 Å². The predicted molar refractivity (Wildman–Crippen MR) is 128 cm³/mol. The number of anilines is 1. The second kappa shape index (κ2) is 9.71. The highest BCUT2D eigenvalue weighted by Gasteiger charge is 2.16. The number of nitrogens with one attached hydrogen (secondary N) is 2. The van der Waals surface area contributed by atoms with Gasteiger partial charge in [-0.1, -0.05) is 44.2 Å². The van der Waals surface area contributed by atoms with Crippen LogP contribution in [-0.4, -0.2) is 22.6 Å². The maximum Gasteiger partial charge on any atom is 0.219 e. The zero-order valence-corrected chi connectivity index (χ0v) is 19.4. The highest BCUT2D eigenvalue weighted by molar-refractivity contribution is 8.00. The van der Waals surface area contributed by atoms with E-state index in [2.05, 4.69) is 80.2 Å². The number of nitrogens with zero attached hydrogens (tertiary/aromatic N) is 2. The Bertz CT molecular complexity index is 1030. The number of aryl methyl sites for hydroxylation is 2. The summed E-state index contributed by atoms with van der Waals surface area (Å²) in [4.78, 5) is 10.7. The third-order valence-corrected chi connectivity index (χ3v) is 6.16. The number of ether oxygens (including phenoxy) is 1. The standard InChI is InChI=1S/C25H30N4OS/c1-16(2)11-20-15-30-23-13-22(29-31-21-10-6-9-19(12-21)14-26-20)27-25(28-23)24-17(3)7-5-8-18(24)4/h5-10,12-13,16,20,26H,11,14-15H2,1-4H3,(H,27,28,29). The smallest absolute Gasteiger partial charge is 0.219 e. The first-order chi connectivity index (χ1) is 15.0. The molecule has 31 heavy (non-hydrogen) atoms. The second-order valence-electron chi connectivity index (χ2n) is 8.55. The monoisotopic (exact) mass is 434 g/mol. The van der Waals surface area contributed by atoms with Crippen LogP contribution in [0.2, 0.25) is 0 Å². The van der Waals surface area contributed by atoms with Crippen molar-refractivity contribution in [2.45, 2.75) is 51.6 Å². The van der Waals surface area contributed by atoms with Gasteiger partial charge in [0.1, 0.15) is 12.4 Å². The van der Waals surface area contributed by atoms with Crippen LogP contribution in [0.4, 0.5) is 5.82 Å². The molecule has 1 aromatic heterocycles. The number of aromatic nitrogens is 2. The van der Waals surface area contributed by atoms with Crippen molar-refractivity contribution in [2.75, 3.05) is 11.3 Å². The van der Waals surface area contributed by atoms with Crippen molar-refractivity contribution >= 4 is 17.8 Å². The van der Waals surface area contributed by atoms with Gasteiger partial charge in [-0.25, -0.2) is 4.98 Å². The molecule has 0 fully saturated rings. The lowest BCUT2D eigenvalue weighted by atomic mass is 10.0. The molecule has 162 valence electrons. The maximum absolute atomic E-state index is 6.21. The molecule has 1 unspecified atom stereocenters. The van der Waals surface area contributed by atoms with Crippen LogP contribution in [-0.2, 0) is 6.54 Å². The molecule has 5 nitrogen and oxygen atoms in total. The van der Waals surface area contributed by atoms with Gasteiger partial charge in [-0.3, -0.25) is 0 Å². The van der Waals surface area contributed by atoms with Gasteiger partial charge in [0.15, 0.2) is 5.82 Å². The van der Waals surface area contributed by atoms with Gasteiger partial charge in [0, 0.05) is 29.1 Å². The highest BCUT2D eigenvalue weighted by Crippen LogP contribution is 2.29. The molecule has 1 aliphatic heterocycles. The molecule has 0 saturated carbocycles. The quantitative estimate of drug-likeness (QED) is 0.510. The zero-order valence-electron chi connectivity index (χ0n) is 18.6. The van der Waals surface area contributed by atoms with Crippen LogP contribution in [0.15, 0.2) is 53.4 Å². The Morgan fingerprint density at radius 1 is 1.06 bits per heavy atom. The van der Waals surface area contributed by atoms with E-state index in [9.17, 15) is 0 Å². The first-order valence-electron chi connectivity index (χ1n) is 10.8. The van der Waals surface area contributed by atoms with Crippen LogP contribution in [0.3, 0.4) is 0 Å². The number of fused-ring (bicyclic) bond motifs is 4. The molecule has 0 spiro atoms. The number of benzene rings is 2. The molecule has 0 amide bonds. The van der Waals surface area contributed by atoms with E-state index in [0.717, 1.165) is 40.4 Å². The summed E-state index contributed by atoms with van der Waals surface area (Å²) in [6.45, 7) is 10.0. The molecule has 2 heterocycles. The second-order valence-corrected chi connectivity index (χ2v) is 9.43. The fourth-order valence-corrected chi connectivity index (χ4v) is 4.57. The minimum atomic E-state index is 0.243. The van der Waals surface area contributed by atoms with Gasteiger partial charge in [-0.15, -0.1) is 0 Å². The molecule has 4 bridgehead atoms. The number of rotatable bonds is 3. The topological polar surface area (TPSA) is 59.1 Å². The van der Waals surface area contributed by atoms with Crippen LogP contribution in [0, 0.1) is 19.8 Å². The van der Waals surface area contributed by atoms with Gasteiger partial charge in [0.25, 0.3) is 0 Å². The fourth-order valence-electron chi connectivity index (χ4n) is 3.89. The van der Waals surface area contributed by atoms with Crippen LogP contribution in [0.25, 0.3) is 11.4 Å². The number of hydrogen-bond acceptors (Lipinski definition) is 6. The van der Waals surface area contributed by atoms with E-state index in [1.807, 2.05) is 6.07 Å². The summed E-state index contributed by atoms with van der Waals surface area (Å²) in [5.74, 6) is 2.60. The molecule has 0 aliphatic carbocycles. The van der Waals surface area contributed by atoms with E-state index in [1.54, 1.807) is 11.9 Å². The zero-order chi connectivity index (χ0) is 21.8. The Morgan fingerprint density at radius 2 is 1.84 bits per heavy atom. The van der Waals surface area contributed by atoms with Crippen LogP contribution in [0.1, 0.15) is 37.0 Å². The molecule has 2 N–H and O–H groups in total. The summed E-state index contributed by atoms with van der Waals surface area (Å²) in [5, 5.41) is 3.67. The average molecular weight is 435 g/mol. The SMILES string of the molecule is Cc1cccc(C)c1-c1nc2cc(n1)OCC(CC(C)C)NCc1cccc(c1)SN2. The lowest BCUT2D eigenvalue weighted by molar-refractivity contribution is 0.236. The molecule has 4 rings (SSSR count). The molecule has 6 heteroatoms. The molecule has 1 atom stereocenters. The van der Waals surface area contributed by atoms with Crippen LogP contribution < -0.4 is 14.8 Å². The van der Waals surface area contributed by atoms with Crippen LogP contribution in [0.5, 0.6) is 5.88 Å². The highest BCUT2D eigenvalue weighted by atomic mass is 32.2. The molecule has 0 saturated heterocycles. The lowest BCUT2D eigenvalue weighted by Crippen LogP contribution is -2.35. The molecule has 1 aliphatic rings.